The predicted molar refractivity (Wildman–Crippen MR) is 53.1 cm³/mol. The fraction of sp³-hybridized carbons (Fsp3) is 0.444. The Morgan fingerprint density at radius 1 is 1.57 bits per heavy atom. The second-order valence-corrected chi connectivity index (χ2v) is 3.39. The summed E-state index contributed by atoms with van der Waals surface area (Å²) in [5.41, 5.74) is 0.284. The molecule has 1 aromatic rings. The molecule has 1 aromatic heterocycles. The van der Waals surface area contributed by atoms with E-state index in [9.17, 15) is 9.59 Å². The second-order valence-electron chi connectivity index (χ2n) is 3.39. The van der Waals surface area contributed by atoms with Crippen LogP contribution in [0.3, 0.4) is 0 Å². The molecule has 76 valence electrons. The van der Waals surface area contributed by atoms with Gasteiger partial charge in [0.1, 0.15) is 0 Å². The summed E-state index contributed by atoms with van der Waals surface area (Å²) in [5.74, 6) is -0.113. The molecule has 1 heterocycles. The van der Waals surface area contributed by atoms with Crippen molar-refractivity contribution in [2.45, 2.75) is 20.8 Å². The number of nitrogens with one attached hydrogen (secondary N) is 2. The third-order valence-corrected chi connectivity index (χ3v) is 1.74. The van der Waals surface area contributed by atoms with Gasteiger partial charge >= 0.3 is 0 Å². The zero-order valence-electron chi connectivity index (χ0n) is 8.42. The van der Waals surface area contributed by atoms with Crippen molar-refractivity contribution in [2.75, 3.05) is 5.32 Å². The van der Waals surface area contributed by atoms with E-state index in [0.717, 1.165) is 0 Å². The van der Waals surface area contributed by atoms with Gasteiger partial charge in [0.2, 0.25) is 11.9 Å². The van der Waals surface area contributed by atoms with Crippen LogP contribution in [0.2, 0.25) is 0 Å². The van der Waals surface area contributed by atoms with E-state index in [1.165, 1.54) is 6.20 Å². The Kier molecular flexibility index (Phi) is 3.01. The Bertz CT molecular complexity index is 395. The van der Waals surface area contributed by atoms with E-state index in [0.29, 0.717) is 5.56 Å². The largest absolute Gasteiger partial charge is 0.296 e. The van der Waals surface area contributed by atoms with Gasteiger partial charge in [0, 0.05) is 17.7 Å². The molecule has 0 saturated carbocycles. The van der Waals surface area contributed by atoms with Gasteiger partial charge in [-0.05, 0) is 6.92 Å². The summed E-state index contributed by atoms with van der Waals surface area (Å²) in [6.07, 6.45) is 1.43. The van der Waals surface area contributed by atoms with Gasteiger partial charge in [0.25, 0.3) is 5.56 Å². The molecule has 1 rings (SSSR count). The Balaban J connectivity index is 2.84. The molecule has 0 aliphatic carbocycles. The number of rotatable bonds is 2. The van der Waals surface area contributed by atoms with Gasteiger partial charge in [0.05, 0.1) is 0 Å². The number of carbonyl (C=O) groups excluding carboxylic acids is 1. The topological polar surface area (TPSA) is 74.8 Å². The number of anilines is 1. The normalized spacial score (nSPS) is 10.3. The smallest absolute Gasteiger partial charge is 0.255 e. The van der Waals surface area contributed by atoms with E-state index in [1.807, 2.05) is 0 Å². The summed E-state index contributed by atoms with van der Waals surface area (Å²) in [7, 11) is 0. The molecule has 0 fully saturated rings. The van der Waals surface area contributed by atoms with Crippen molar-refractivity contribution in [3.63, 3.8) is 0 Å². The van der Waals surface area contributed by atoms with Crippen LogP contribution in [0, 0.1) is 12.8 Å². The van der Waals surface area contributed by atoms with Crippen LogP contribution >= 0.6 is 0 Å². The number of H-pyrrole nitrogens is 1. The molecule has 0 radical (unpaired) electrons. The molecule has 5 nitrogen and oxygen atoms in total. The van der Waals surface area contributed by atoms with Crippen LogP contribution in [0.15, 0.2) is 11.0 Å². The van der Waals surface area contributed by atoms with Crippen LogP contribution in [-0.4, -0.2) is 15.9 Å². The Morgan fingerprint density at radius 3 is 2.71 bits per heavy atom. The van der Waals surface area contributed by atoms with Gasteiger partial charge in [-0.15, -0.1) is 0 Å². The molecular weight excluding hydrogens is 182 g/mol. The summed E-state index contributed by atoms with van der Waals surface area (Å²) in [6.45, 7) is 5.18. The summed E-state index contributed by atoms with van der Waals surface area (Å²) in [5, 5.41) is 2.50. The van der Waals surface area contributed by atoms with E-state index in [-0.39, 0.29) is 23.3 Å². The van der Waals surface area contributed by atoms with Gasteiger partial charge in [-0.3, -0.25) is 19.9 Å². The summed E-state index contributed by atoms with van der Waals surface area (Å²) < 4.78 is 0. The monoisotopic (exact) mass is 195 g/mol. The molecule has 0 atom stereocenters. The van der Waals surface area contributed by atoms with E-state index < -0.39 is 0 Å². The highest BCUT2D eigenvalue weighted by molar-refractivity contribution is 5.90. The number of amides is 1. The van der Waals surface area contributed by atoms with Crippen LogP contribution in [0.5, 0.6) is 0 Å². The van der Waals surface area contributed by atoms with E-state index >= 15 is 0 Å². The van der Waals surface area contributed by atoms with Gasteiger partial charge in [0.15, 0.2) is 0 Å². The first-order valence-electron chi connectivity index (χ1n) is 4.37. The maximum atomic E-state index is 11.2. The maximum Gasteiger partial charge on any atom is 0.255 e. The molecule has 0 aromatic carbocycles. The molecule has 2 N–H and O–H groups in total. The SMILES string of the molecule is Cc1cnc(NC(=O)C(C)C)[nH]c1=O. The van der Waals surface area contributed by atoms with Crippen molar-refractivity contribution >= 4 is 11.9 Å². The van der Waals surface area contributed by atoms with E-state index in [4.69, 9.17) is 0 Å². The summed E-state index contributed by atoms with van der Waals surface area (Å²) in [4.78, 5) is 28.7. The third-order valence-electron chi connectivity index (χ3n) is 1.74. The minimum Gasteiger partial charge on any atom is -0.296 e. The first-order chi connectivity index (χ1) is 6.50. The highest BCUT2D eigenvalue weighted by Crippen LogP contribution is 1.99. The van der Waals surface area contributed by atoms with Crippen molar-refractivity contribution in [1.29, 1.82) is 0 Å². The molecule has 0 unspecified atom stereocenters. The lowest BCUT2D eigenvalue weighted by atomic mass is 10.2. The average molecular weight is 195 g/mol. The fourth-order valence-electron chi connectivity index (χ4n) is 0.783. The minimum atomic E-state index is -0.237. The predicted octanol–water partition coefficient (Wildman–Crippen LogP) is 0.673. The van der Waals surface area contributed by atoms with Crippen LogP contribution in [-0.2, 0) is 4.79 Å². The molecule has 1 amide bonds. The number of aryl methyl sites for hydroxylation is 1. The summed E-state index contributed by atoms with van der Waals surface area (Å²) >= 11 is 0. The second kappa shape index (κ2) is 4.04. The van der Waals surface area contributed by atoms with Crippen molar-refractivity contribution < 1.29 is 4.79 Å². The zero-order chi connectivity index (χ0) is 10.7. The highest BCUT2D eigenvalue weighted by atomic mass is 16.2. The average Bonchev–Trinajstić information content (AvgIpc) is 2.11. The Hall–Kier alpha value is -1.65. The third kappa shape index (κ3) is 2.42. The standard InChI is InChI=1S/C9H13N3O2/c1-5(2)7(13)11-9-10-4-6(3)8(14)12-9/h4-5H,1-3H3,(H2,10,11,12,13,14). The van der Waals surface area contributed by atoms with Gasteiger partial charge in [-0.2, -0.15) is 0 Å². The lowest BCUT2D eigenvalue weighted by molar-refractivity contribution is -0.118. The van der Waals surface area contributed by atoms with E-state index in [1.54, 1.807) is 20.8 Å². The zero-order valence-corrected chi connectivity index (χ0v) is 8.42. The number of aromatic nitrogens is 2. The van der Waals surface area contributed by atoms with E-state index in [2.05, 4.69) is 15.3 Å². The molecular formula is C9H13N3O2. The van der Waals surface area contributed by atoms with Gasteiger partial charge < -0.3 is 0 Å². The summed E-state index contributed by atoms with van der Waals surface area (Å²) in [6, 6.07) is 0. The van der Waals surface area contributed by atoms with Crippen LogP contribution in [0.4, 0.5) is 5.95 Å². The number of hydrogen-bond acceptors (Lipinski definition) is 3. The molecule has 0 aliphatic heterocycles. The number of hydrogen-bond donors (Lipinski definition) is 2. The van der Waals surface area contributed by atoms with Crippen LogP contribution < -0.4 is 10.9 Å². The van der Waals surface area contributed by atoms with Crippen LogP contribution in [0.25, 0.3) is 0 Å². The molecule has 5 heteroatoms. The number of aromatic amines is 1. The van der Waals surface area contributed by atoms with Gasteiger partial charge in [-0.1, -0.05) is 13.8 Å². The number of nitrogens with zero attached hydrogens (tertiary/aromatic N) is 1. The first-order valence-corrected chi connectivity index (χ1v) is 4.37. The molecule has 14 heavy (non-hydrogen) atoms. The van der Waals surface area contributed by atoms with Crippen LogP contribution in [0.1, 0.15) is 19.4 Å². The highest BCUT2D eigenvalue weighted by Gasteiger charge is 2.08. The van der Waals surface area contributed by atoms with Crippen molar-refractivity contribution in [3.8, 4) is 0 Å². The van der Waals surface area contributed by atoms with Crippen molar-refractivity contribution in [3.05, 3.63) is 22.1 Å². The molecule has 0 spiro atoms. The molecule has 0 aliphatic rings. The quantitative estimate of drug-likeness (QED) is 0.728. The molecule has 0 bridgehead atoms. The fourth-order valence-corrected chi connectivity index (χ4v) is 0.783. The minimum absolute atomic E-state index is 0.137. The lowest BCUT2D eigenvalue weighted by Gasteiger charge is -2.05. The van der Waals surface area contributed by atoms with Gasteiger partial charge in [-0.25, -0.2) is 4.98 Å². The lowest BCUT2D eigenvalue weighted by Crippen LogP contribution is -2.22. The van der Waals surface area contributed by atoms with Crippen molar-refractivity contribution in [2.24, 2.45) is 5.92 Å². The Labute approximate surface area is 81.6 Å². The van der Waals surface area contributed by atoms with Crippen molar-refractivity contribution in [1.82, 2.24) is 9.97 Å². The number of carbonyl (C=O) groups is 1. The maximum absolute atomic E-state index is 11.2. The first kappa shape index (κ1) is 10.4. The molecule has 0 saturated heterocycles. The Morgan fingerprint density at radius 2 is 2.21 bits per heavy atom.